The van der Waals surface area contributed by atoms with Gasteiger partial charge < -0.3 is 5.32 Å². The zero-order chi connectivity index (χ0) is 14.8. The fourth-order valence-corrected chi connectivity index (χ4v) is 3.60. The Hall–Kier alpha value is -1.05. The van der Waals surface area contributed by atoms with Crippen LogP contribution in [0.25, 0.3) is 0 Å². The van der Waals surface area contributed by atoms with E-state index >= 15 is 0 Å². The van der Waals surface area contributed by atoms with Gasteiger partial charge in [0.2, 0.25) is 10.0 Å². The summed E-state index contributed by atoms with van der Waals surface area (Å²) < 4.78 is 52.1. The predicted molar refractivity (Wildman–Crippen MR) is 71.8 cm³/mol. The standard InChI is InChI=1S/C13H18F2N2O2S/c1-17(9-11-4-2-3-7-16-11)20(18,19)13-6-5-10(14)8-12(13)15/h5-6,8,11,16H,2-4,7,9H2,1H3. The number of benzene rings is 1. The summed E-state index contributed by atoms with van der Waals surface area (Å²) >= 11 is 0. The van der Waals surface area contributed by atoms with Crippen LogP contribution >= 0.6 is 0 Å². The van der Waals surface area contributed by atoms with Gasteiger partial charge in [0.1, 0.15) is 16.5 Å². The summed E-state index contributed by atoms with van der Waals surface area (Å²) in [5.41, 5.74) is 0. The molecule has 0 spiro atoms. The van der Waals surface area contributed by atoms with Gasteiger partial charge in [-0.1, -0.05) is 6.42 Å². The van der Waals surface area contributed by atoms with Crippen LogP contribution in [-0.4, -0.2) is 38.9 Å². The lowest BCUT2D eigenvalue weighted by Gasteiger charge is -2.27. The highest BCUT2D eigenvalue weighted by molar-refractivity contribution is 7.89. The van der Waals surface area contributed by atoms with E-state index in [0.717, 1.165) is 42.2 Å². The normalized spacial score (nSPS) is 20.3. The Kier molecular flexibility index (Phi) is 4.72. The monoisotopic (exact) mass is 304 g/mol. The number of halogens is 2. The highest BCUT2D eigenvalue weighted by atomic mass is 32.2. The van der Waals surface area contributed by atoms with Crippen molar-refractivity contribution >= 4 is 10.0 Å². The van der Waals surface area contributed by atoms with Crippen LogP contribution in [0.15, 0.2) is 23.1 Å². The minimum atomic E-state index is -3.93. The lowest BCUT2D eigenvalue weighted by atomic mass is 10.1. The number of piperidine rings is 1. The zero-order valence-corrected chi connectivity index (χ0v) is 12.1. The molecule has 1 aromatic rings. The van der Waals surface area contributed by atoms with Crippen LogP contribution in [0, 0.1) is 11.6 Å². The molecule has 0 saturated carbocycles. The molecule has 7 heteroatoms. The van der Waals surface area contributed by atoms with Crippen LogP contribution in [0.3, 0.4) is 0 Å². The molecule has 1 saturated heterocycles. The van der Waals surface area contributed by atoms with Gasteiger partial charge in [-0.2, -0.15) is 4.31 Å². The summed E-state index contributed by atoms with van der Waals surface area (Å²) in [6.45, 7) is 1.14. The maximum Gasteiger partial charge on any atom is 0.245 e. The average Bonchev–Trinajstić information content (AvgIpc) is 2.39. The van der Waals surface area contributed by atoms with Crippen LogP contribution in [0.2, 0.25) is 0 Å². The van der Waals surface area contributed by atoms with Crippen LogP contribution < -0.4 is 5.32 Å². The Bertz CT molecular complexity index is 572. The SMILES string of the molecule is CN(CC1CCCCN1)S(=O)(=O)c1ccc(F)cc1F. The Balaban J connectivity index is 2.16. The van der Waals surface area contributed by atoms with Crippen LogP contribution in [0.1, 0.15) is 19.3 Å². The van der Waals surface area contributed by atoms with E-state index in [9.17, 15) is 17.2 Å². The van der Waals surface area contributed by atoms with Gasteiger partial charge in [0.25, 0.3) is 0 Å². The highest BCUT2D eigenvalue weighted by Crippen LogP contribution is 2.20. The molecule has 1 heterocycles. The van der Waals surface area contributed by atoms with Crippen molar-refractivity contribution in [2.75, 3.05) is 20.1 Å². The smallest absolute Gasteiger partial charge is 0.245 e. The van der Waals surface area contributed by atoms with E-state index in [1.165, 1.54) is 7.05 Å². The third kappa shape index (κ3) is 3.34. The third-order valence-corrected chi connectivity index (χ3v) is 5.33. The van der Waals surface area contributed by atoms with E-state index < -0.39 is 26.6 Å². The predicted octanol–water partition coefficient (Wildman–Crippen LogP) is 1.73. The van der Waals surface area contributed by atoms with Crippen molar-refractivity contribution in [3.63, 3.8) is 0 Å². The summed E-state index contributed by atoms with van der Waals surface area (Å²) in [6, 6.07) is 2.57. The fraction of sp³-hybridized carbons (Fsp3) is 0.538. The quantitative estimate of drug-likeness (QED) is 0.921. The van der Waals surface area contributed by atoms with Gasteiger partial charge in [0.05, 0.1) is 0 Å². The first kappa shape index (κ1) is 15.3. The van der Waals surface area contributed by atoms with Crippen LogP contribution in [-0.2, 0) is 10.0 Å². The van der Waals surface area contributed by atoms with E-state index in [-0.39, 0.29) is 12.6 Å². The van der Waals surface area contributed by atoms with Crippen LogP contribution in [0.4, 0.5) is 8.78 Å². The van der Waals surface area contributed by atoms with E-state index in [2.05, 4.69) is 5.32 Å². The molecular weight excluding hydrogens is 286 g/mol. The van der Waals surface area contributed by atoms with Crippen molar-refractivity contribution in [3.8, 4) is 0 Å². The fourth-order valence-electron chi connectivity index (χ4n) is 2.34. The highest BCUT2D eigenvalue weighted by Gasteiger charge is 2.27. The number of nitrogens with one attached hydrogen (secondary N) is 1. The molecule has 112 valence electrons. The molecule has 1 aliphatic rings. The molecule has 1 unspecified atom stereocenters. The Morgan fingerprint density at radius 3 is 2.70 bits per heavy atom. The minimum Gasteiger partial charge on any atom is -0.313 e. The largest absolute Gasteiger partial charge is 0.313 e. The van der Waals surface area contributed by atoms with Gasteiger partial charge in [-0.25, -0.2) is 17.2 Å². The summed E-state index contributed by atoms with van der Waals surface area (Å²) in [6.07, 6.45) is 3.03. The molecule has 2 rings (SSSR count). The number of sulfonamides is 1. The number of rotatable bonds is 4. The molecule has 0 aromatic heterocycles. The zero-order valence-electron chi connectivity index (χ0n) is 11.3. The Morgan fingerprint density at radius 1 is 1.35 bits per heavy atom. The molecule has 4 nitrogen and oxygen atoms in total. The number of nitrogens with zero attached hydrogens (tertiary/aromatic N) is 1. The van der Waals surface area contributed by atoms with Gasteiger partial charge in [0.15, 0.2) is 0 Å². The van der Waals surface area contributed by atoms with Crippen molar-refractivity contribution in [2.45, 2.75) is 30.2 Å². The molecule has 0 amide bonds. The molecule has 1 aliphatic heterocycles. The first-order valence-electron chi connectivity index (χ1n) is 6.56. The number of likely N-dealkylation sites (N-methyl/N-ethyl adjacent to an activating group) is 1. The van der Waals surface area contributed by atoms with E-state index in [4.69, 9.17) is 0 Å². The van der Waals surface area contributed by atoms with Crippen molar-refractivity contribution in [1.82, 2.24) is 9.62 Å². The average molecular weight is 304 g/mol. The topological polar surface area (TPSA) is 49.4 Å². The maximum absolute atomic E-state index is 13.6. The van der Waals surface area contributed by atoms with Gasteiger partial charge in [0, 0.05) is 25.7 Å². The lowest BCUT2D eigenvalue weighted by Crippen LogP contribution is -2.44. The first-order chi connectivity index (χ1) is 9.41. The Morgan fingerprint density at radius 2 is 2.10 bits per heavy atom. The van der Waals surface area contributed by atoms with E-state index in [1.54, 1.807) is 0 Å². The molecule has 0 aliphatic carbocycles. The third-order valence-electron chi connectivity index (χ3n) is 3.47. The molecule has 20 heavy (non-hydrogen) atoms. The summed E-state index contributed by atoms with van der Waals surface area (Å²) in [7, 11) is -2.52. The molecule has 0 radical (unpaired) electrons. The van der Waals surface area contributed by atoms with Gasteiger partial charge >= 0.3 is 0 Å². The van der Waals surface area contributed by atoms with Crippen molar-refractivity contribution in [2.24, 2.45) is 0 Å². The van der Waals surface area contributed by atoms with Gasteiger partial charge in [-0.05, 0) is 31.5 Å². The minimum absolute atomic E-state index is 0.0760. The van der Waals surface area contributed by atoms with E-state index in [1.807, 2.05) is 0 Å². The molecule has 1 fully saturated rings. The molecule has 1 N–H and O–H groups in total. The first-order valence-corrected chi connectivity index (χ1v) is 8.00. The molecule has 0 bridgehead atoms. The summed E-state index contributed by atoms with van der Waals surface area (Å²) in [5, 5.41) is 3.24. The van der Waals surface area contributed by atoms with Crippen molar-refractivity contribution < 1.29 is 17.2 Å². The van der Waals surface area contributed by atoms with Crippen molar-refractivity contribution in [1.29, 1.82) is 0 Å². The maximum atomic E-state index is 13.6. The second-order valence-corrected chi connectivity index (χ2v) is 7.02. The van der Waals surface area contributed by atoms with Crippen LogP contribution in [0.5, 0.6) is 0 Å². The van der Waals surface area contributed by atoms with Crippen molar-refractivity contribution in [3.05, 3.63) is 29.8 Å². The molecule has 1 aromatic carbocycles. The Labute approximate surface area is 117 Å². The summed E-state index contributed by atoms with van der Waals surface area (Å²) in [4.78, 5) is -0.489. The molecule has 1 atom stereocenters. The second-order valence-electron chi connectivity index (χ2n) is 5.01. The molecular formula is C13H18F2N2O2S. The number of hydrogen-bond donors (Lipinski definition) is 1. The van der Waals surface area contributed by atoms with Gasteiger partial charge in [-0.3, -0.25) is 0 Å². The van der Waals surface area contributed by atoms with E-state index in [0.29, 0.717) is 6.07 Å². The second kappa shape index (κ2) is 6.15. The number of hydrogen-bond acceptors (Lipinski definition) is 3. The van der Waals surface area contributed by atoms with Gasteiger partial charge in [-0.15, -0.1) is 0 Å². The summed E-state index contributed by atoms with van der Waals surface area (Å²) in [5.74, 6) is -1.86. The lowest BCUT2D eigenvalue weighted by molar-refractivity contribution is 0.336.